The van der Waals surface area contributed by atoms with Crippen LogP contribution in [-0.2, 0) is 16.1 Å². The molecule has 6 heteroatoms. The van der Waals surface area contributed by atoms with E-state index in [-0.39, 0.29) is 13.4 Å². The number of aliphatic hydroxyl groups excluding tert-OH is 1. The maximum absolute atomic E-state index is 12.7. The number of rotatable bonds is 7. The minimum Gasteiger partial charge on any atom is -0.455 e. The molecule has 150 valence electrons. The predicted molar refractivity (Wildman–Crippen MR) is 106 cm³/mol. The molecular weight excluding hydrogens is 372 g/mol. The van der Waals surface area contributed by atoms with Crippen LogP contribution in [0.15, 0.2) is 67.8 Å². The topological polar surface area (TPSA) is 74.2 Å². The average Bonchev–Trinajstić information content (AvgIpc) is 3.21. The molecule has 0 fully saturated rings. The van der Waals surface area contributed by atoms with Crippen LogP contribution in [0.2, 0.25) is 0 Å². The maximum atomic E-state index is 12.7. The van der Waals surface area contributed by atoms with Crippen LogP contribution >= 0.6 is 0 Å². The number of carbonyl (C=O) groups is 1. The molecule has 2 aromatic carbocycles. The standard InChI is InChI=1S/C23H22O6/c1-3-15-16-10-19-20(28-13-27-19)11-17(16)23(25)29-21(15)22(18(24)4-2)26-12-14-8-6-5-7-9-14/h3-11,15,18,21-22,24H,1-2,12-13H2/t15-,18-,21+,22-/m1/s1. The van der Waals surface area contributed by atoms with Gasteiger partial charge in [0.15, 0.2) is 11.5 Å². The van der Waals surface area contributed by atoms with E-state index in [1.165, 1.54) is 6.08 Å². The molecule has 2 aromatic rings. The largest absolute Gasteiger partial charge is 0.455 e. The van der Waals surface area contributed by atoms with Gasteiger partial charge in [-0.3, -0.25) is 0 Å². The summed E-state index contributed by atoms with van der Waals surface area (Å²) in [7, 11) is 0. The summed E-state index contributed by atoms with van der Waals surface area (Å²) in [5.74, 6) is 0.165. The van der Waals surface area contributed by atoms with Crippen molar-refractivity contribution < 1.29 is 28.8 Å². The summed E-state index contributed by atoms with van der Waals surface area (Å²) in [4.78, 5) is 12.7. The molecule has 4 rings (SSSR count). The number of aliphatic hydroxyl groups is 1. The third kappa shape index (κ3) is 3.64. The number of cyclic esters (lactones) is 1. The average molecular weight is 394 g/mol. The van der Waals surface area contributed by atoms with Gasteiger partial charge in [-0.15, -0.1) is 13.2 Å². The summed E-state index contributed by atoms with van der Waals surface area (Å²) in [5, 5.41) is 10.5. The van der Waals surface area contributed by atoms with Crippen LogP contribution in [0.5, 0.6) is 11.5 Å². The summed E-state index contributed by atoms with van der Waals surface area (Å²) in [6.45, 7) is 7.93. The molecular formula is C23H22O6. The van der Waals surface area contributed by atoms with Gasteiger partial charge in [-0.25, -0.2) is 4.79 Å². The van der Waals surface area contributed by atoms with E-state index >= 15 is 0 Å². The van der Waals surface area contributed by atoms with Crippen molar-refractivity contribution in [2.24, 2.45) is 0 Å². The molecule has 0 unspecified atom stereocenters. The third-order valence-electron chi connectivity index (χ3n) is 5.16. The minimum absolute atomic E-state index is 0.105. The Morgan fingerprint density at radius 1 is 1.17 bits per heavy atom. The van der Waals surface area contributed by atoms with Gasteiger partial charge < -0.3 is 24.1 Å². The second-order valence-corrected chi connectivity index (χ2v) is 6.91. The van der Waals surface area contributed by atoms with Gasteiger partial charge in [0.25, 0.3) is 0 Å². The van der Waals surface area contributed by atoms with Gasteiger partial charge in [-0.2, -0.15) is 0 Å². The zero-order valence-electron chi connectivity index (χ0n) is 15.8. The number of ether oxygens (including phenoxy) is 4. The molecule has 0 amide bonds. The number of fused-ring (bicyclic) bond motifs is 2. The molecule has 0 bridgehead atoms. The van der Waals surface area contributed by atoms with E-state index in [2.05, 4.69) is 13.2 Å². The Balaban J connectivity index is 1.66. The molecule has 6 nitrogen and oxygen atoms in total. The fraction of sp³-hybridized carbons (Fsp3) is 0.261. The van der Waals surface area contributed by atoms with Gasteiger partial charge in [-0.1, -0.05) is 42.5 Å². The summed E-state index contributed by atoms with van der Waals surface area (Å²) in [6, 6.07) is 13.0. The fourth-order valence-corrected chi connectivity index (χ4v) is 3.67. The van der Waals surface area contributed by atoms with E-state index in [9.17, 15) is 9.90 Å². The molecule has 4 atom stereocenters. The Bertz CT molecular complexity index is 922. The number of benzene rings is 2. The van der Waals surface area contributed by atoms with E-state index in [1.54, 1.807) is 18.2 Å². The molecule has 2 aliphatic rings. The first-order chi connectivity index (χ1) is 14.1. The lowest BCUT2D eigenvalue weighted by Gasteiger charge is -2.37. The lowest BCUT2D eigenvalue weighted by atomic mass is 9.83. The highest BCUT2D eigenvalue weighted by Gasteiger charge is 2.43. The van der Waals surface area contributed by atoms with Crippen LogP contribution in [0.3, 0.4) is 0 Å². The first-order valence-corrected chi connectivity index (χ1v) is 9.35. The van der Waals surface area contributed by atoms with E-state index in [1.807, 2.05) is 30.3 Å². The Hall–Kier alpha value is -3.09. The zero-order chi connectivity index (χ0) is 20.4. The van der Waals surface area contributed by atoms with Crippen LogP contribution in [0, 0.1) is 0 Å². The lowest BCUT2D eigenvalue weighted by Crippen LogP contribution is -2.46. The van der Waals surface area contributed by atoms with E-state index in [0.717, 1.165) is 5.56 Å². The zero-order valence-corrected chi connectivity index (χ0v) is 15.8. The van der Waals surface area contributed by atoms with Gasteiger partial charge in [0.05, 0.1) is 12.2 Å². The number of esters is 1. The number of hydrogen-bond donors (Lipinski definition) is 1. The molecule has 2 heterocycles. The summed E-state index contributed by atoms with van der Waals surface area (Å²) < 4.78 is 22.5. The normalized spacial score (nSPS) is 21.6. The van der Waals surface area contributed by atoms with Crippen LogP contribution in [-0.4, -0.2) is 36.2 Å². The number of hydrogen-bond acceptors (Lipinski definition) is 6. The fourth-order valence-electron chi connectivity index (χ4n) is 3.67. The first kappa shape index (κ1) is 19.2. The molecule has 0 saturated carbocycles. The molecule has 0 saturated heterocycles. The Kier molecular flexibility index (Phi) is 5.38. The monoisotopic (exact) mass is 394 g/mol. The summed E-state index contributed by atoms with van der Waals surface area (Å²) in [6.07, 6.45) is 0.434. The van der Waals surface area contributed by atoms with Crippen LogP contribution in [0.25, 0.3) is 0 Å². The molecule has 0 aromatic heterocycles. The highest BCUT2D eigenvalue weighted by molar-refractivity contribution is 5.94. The van der Waals surface area contributed by atoms with Crippen molar-refractivity contribution in [3.8, 4) is 11.5 Å². The smallest absolute Gasteiger partial charge is 0.338 e. The van der Waals surface area contributed by atoms with Crippen molar-refractivity contribution in [1.29, 1.82) is 0 Å². The van der Waals surface area contributed by atoms with Crippen molar-refractivity contribution in [2.75, 3.05) is 6.79 Å². The van der Waals surface area contributed by atoms with E-state index in [4.69, 9.17) is 18.9 Å². The highest BCUT2D eigenvalue weighted by atomic mass is 16.7. The third-order valence-corrected chi connectivity index (χ3v) is 5.16. The highest BCUT2D eigenvalue weighted by Crippen LogP contribution is 2.43. The molecule has 2 aliphatic heterocycles. The predicted octanol–water partition coefficient (Wildman–Crippen LogP) is 3.36. The summed E-state index contributed by atoms with van der Waals surface area (Å²) in [5.41, 5.74) is 2.04. The SMILES string of the molecule is C=C[C@@H](O)[C@@H](OCc1ccccc1)[C@H]1OC(=O)c2cc3c(cc2[C@H]1C=C)OCO3. The van der Waals surface area contributed by atoms with Crippen LogP contribution in [0.1, 0.15) is 27.4 Å². The van der Waals surface area contributed by atoms with Crippen LogP contribution in [0.4, 0.5) is 0 Å². The lowest BCUT2D eigenvalue weighted by molar-refractivity contribution is -0.105. The Labute approximate surface area is 169 Å². The molecule has 0 aliphatic carbocycles. The molecule has 0 radical (unpaired) electrons. The summed E-state index contributed by atoms with van der Waals surface area (Å²) >= 11 is 0. The maximum Gasteiger partial charge on any atom is 0.338 e. The van der Waals surface area contributed by atoms with Crippen LogP contribution < -0.4 is 9.47 Å². The van der Waals surface area contributed by atoms with E-state index in [0.29, 0.717) is 22.6 Å². The van der Waals surface area contributed by atoms with Crippen molar-refractivity contribution in [3.63, 3.8) is 0 Å². The van der Waals surface area contributed by atoms with Crippen molar-refractivity contribution in [2.45, 2.75) is 30.8 Å². The Morgan fingerprint density at radius 3 is 2.59 bits per heavy atom. The molecule has 1 N–H and O–H groups in total. The first-order valence-electron chi connectivity index (χ1n) is 9.35. The second kappa shape index (κ2) is 8.11. The van der Waals surface area contributed by atoms with Crippen molar-refractivity contribution in [1.82, 2.24) is 0 Å². The van der Waals surface area contributed by atoms with Gasteiger partial charge in [0.2, 0.25) is 6.79 Å². The van der Waals surface area contributed by atoms with Gasteiger partial charge in [0, 0.05) is 5.92 Å². The van der Waals surface area contributed by atoms with Gasteiger partial charge in [-0.05, 0) is 23.3 Å². The quantitative estimate of drug-likeness (QED) is 0.573. The van der Waals surface area contributed by atoms with Crippen molar-refractivity contribution in [3.05, 3.63) is 84.5 Å². The minimum atomic E-state index is -1.03. The van der Waals surface area contributed by atoms with Gasteiger partial charge in [0.1, 0.15) is 18.3 Å². The second-order valence-electron chi connectivity index (χ2n) is 6.91. The van der Waals surface area contributed by atoms with Crippen molar-refractivity contribution >= 4 is 5.97 Å². The Morgan fingerprint density at radius 2 is 1.90 bits per heavy atom. The number of carbonyl (C=O) groups excluding carboxylic acids is 1. The van der Waals surface area contributed by atoms with Gasteiger partial charge >= 0.3 is 5.97 Å². The van der Waals surface area contributed by atoms with E-state index < -0.39 is 30.2 Å². The molecule has 29 heavy (non-hydrogen) atoms. The molecule has 0 spiro atoms.